The van der Waals surface area contributed by atoms with Gasteiger partial charge in [0, 0.05) is 26.1 Å². The van der Waals surface area contributed by atoms with Crippen molar-refractivity contribution in [1.29, 1.82) is 0 Å². The first-order chi connectivity index (χ1) is 6.76. The second-order valence-electron chi connectivity index (χ2n) is 3.11. The van der Waals surface area contributed by atoms with E-state index in [1.807, 2.05) is 13.8 Å². The Balaban J connectivity index is 3.43. The molecule has 0 aliphatic carbocycles. The van der Waals surface area contributed by atoms with Gasteiger partial charge in [-0.3, -0.25) is 9.18 Å². The number of halogens is 1. The van der Waals surface area contributed by atoms with Crippen LogP contribution in [0.1, 0.15) is 26.7 Å². The van der Waals surface area contributed by atoms with E-state index in [0.717, 1.165) is 13.1 Å². The summed E-state index contributed by atoms with van der Waals surface area (Å²) >= 11 is 0. The summed E-state index contributed by atoms with van der Waals surface area (Å²) in [4.78, 5) is 13.3. The lowest BCUT2D eigenvalue weighted by molar-refractivity contribution is -0.130. The molecule has 0 rings (SSSR count). The van der Waals surface area contributed by atoms with Gasteiger partial charge in [-0.2, -0.15) is 0 Å². The van der Waals surface area contributed by atoms with Gasteiger partial charge in [0.1, 0.15) is 0 Å². The van der Waals surface area contributed by atoms with Crippen molar-refractivity contribution < 1.29 is 9.18 Å². The number of amides is 1. The number of carbonyl (C=O) groups is 1. The van der Waals surface area contributed by atoms with Crippen LogP contribution in [0.15, 0.2) is 0 Å². The second kappa shape index (κ2) is 8.94. The average Bonchev–Trinajstić information content (AvgIpc) is 2.19. The Labute approximate surface area is 85.7 Å². The van der Waals surface area contributed by atoms with E-state index in [4.69, 9.17) is 0 Å². The zero-order chi connectivity index (χ0) is 10.8. The van der Waals surface area contributed by atoms with E-state index in [0.29, 0.717) is 25.9 Å². The van der Waals surface area contributed by atoms with Gasteiger partial charge in [0.25, 0.3) is 0 Å². The molecule has 3 nitrogen and oxygen atoms in total. The summed E-state index contributed by atoms with van der Waals surface area (Å²) in [5, 5.41) is 3.03. The third kappa shape index (κ3) is 5.91. The topological polar surface area (TPSA) is 32.3 Å². The molecule has 0 aromatic rings. The Kier molecular flexibility index (Phi) is 8.53. The van der Waals surface area contributed by atoms with Crippen LogP contribution in [0.4, 0.5) is 4.39 Å². The van der Waals surface area contributed by atoms with E-state index < -0.39 is 0 Å². The van der Waals surface area contributed by atoms with Crippen molar-refractivity contribution in [2.24, 2.45) is 0 Å². The van der Waals surface area contributed by atoms with Gasteiger partial charge < -0.3 is 10.2 Å². The van der Waals surface area contributed by atoms with Gasteiger partial charge in [0.05, 0.1) is 6.67 Å². The molecule has 0 bridgehead atoms. The number of rotatable bonds is 8. The number of nitrogens with zero attached hydrogens (tertiary/aromatic N) is 1. The Morgan fingerprint density at radius 2 is 1.93 bits per heavy atom. The highest BCUT2D eigenvalue weighted by atomic mass is 19.1. The lowest BCUT2D eigenvalue weighted by Crippen LogP contribution is -2.33. The van der Waals surface area contributed by atoms with Crippen molar-refractivity contribution in [3.63, 3.8) is 0 Å². The summed E-state index contributed by atoms with van der Waals surface area (Å²) in [6.45, 7) is 6.48. The number of hydrogen-bond donors (Lipinski definition) is 1. The van der Waals surface area contributed by atoms with Crippen LogP contribution in [0.25, 0.3) is 0 Å². The van der Waals surface area contributed by atoms with Crippen LogP contribution in [0.5, 0.6) is 0 Å². The summed E-state index contributed by atoms with van der Waals surface area (Å²) in [5.74, 6) is 0.169. The van der Waals surface area contributed by atoms with Gasteiger partial charge in [-0.15, -0.1) is 0 Å². The molecule has 0 aliphatic rings. The SMILES string of the molecule is CCN(CC)C(=O)CCNCCCF. The molecule has 0 aromatic heterocycles. The van der Waals surface area contributed by atoms with Crippen molar-refractivity contribution in [2.45, 2.75) is 26.7 Å². The van der Waals surface area contributed by atoms with Crippen LogP contribution >= 0.6 is 0 Å². The Morgan fingerprint density at radius 3 is 2.43 bits per heavy atom. The molecule has 0 saturated heterocycles. The number of hydrogen-bond acceptors (Lipinski definition) is 2. The van der Waals surface area contributed by atoms with Crippen molar-refractivity contribution in [3.8, 4) is 0 Å². The first-order valence-electron chi connectivity index (χ1n) is 5.30. The van der Waals surface area contributed by atoms with Crippen molar-refractivity contribution >= 4 is 5.91 Å². The van der Waals surface area contributed by atoms with Gasteiger partial charge in [-0.05, 0) is 26.8 Å². The van der Waals surface area contributed by atoms with Crippen molar-refractivity contribution in [2.75, 3.05) is 32.9 Å². The quantitative estimate of drug-likeness (QED) is 0.602. The minimum absolute atomic E-state index is 0.169. The summed E-state index contributed by atoms with van der Waals surface area (Å²) in [7, 11) is 0. The van der Waals surface area contributed by atoms with Crippen LogP contribution in [0.2, 0.25) is 0 Å². The molecular formula is C10H21FN2O. The third-order valence-corrected chi connectivity index (χ3v) is 2.12. The highest BCUT2D eigenvalue weighted by Crippen LogP contribution is 1.92. The Hall–Kier alpha value is -0.640. The van der Waals surface area contributed by atoms with Crippen LogP contribution in [-0.4, -0.2) is 43.7 Å². The summed E-state index contributed by atoms with van der Waals surface area (Å²) < 4.78 is 11.7. The maximum Gasteiger partial charge on any atom is 0.223 e. The minimum Gasteiger partial charge on any atom is -0.343 e. The molecule has 0 aromatic carbocycles. The largest absolute Gasteiger partial charge is 0.343 e. The molecule has 0 heterocycles. The number of nitrogens with one attached hydrogen (secondary N) is 1. The minimum atomic E-state index is -0.295. The Bertz CT molecular complexity index is 149. The molecule has 84 valence electrons. The molecule has 0 saturated carbocycles. The van der Waals surface area contributed by atoms with Crippen molar-refractivity contribution in [1.82, 2.24) is 10.2 Å². The van der Waals surface area contributed by atoms with Crippen molar-refractivity contribution in [3.05, 3.63) is 0 Å². The average molecular weight is 204 g/mol. The first kappa shape index (κ1) is 13.4. The molecule has 0 radical (unpaired) electrons. The highest BCUT2D eigenvalue weighted by Gasteiger charge is 2.07. The number of alkyl halides is 1. The smallest absolute Gasteiger partial charge is 0.223 e. The molecule has 0 aliphatic heterocycles. The molecule has 0 atom stereocenters. The normalized spacial score (nSPS) is 10.2. The first-order valence-corrected chi connectivity index (χ1v) is 5.30. The molecule has 14 heavy (non-hydrogen) atoms. The van der Waals surface area contributed by atoms with Crippen LogP contribution in [-0.2, 0) is 4.79 Å². The molecule has 0 fully saturated rings. The predicted octanol–water partition coefficient (Wildman–Crippen LogP) is 1.19. The van der Waals surface area contributed by atoms with E-state index in [1.165, 1.54) is 0 Å². The second-order valence-corrected chi connectivity index (χ2v) is 3.11. The van der Waals surface area contributed by atoms with E-state index >= 15 is 0 Å². The molecule has 1 amide bonds. The standard InChI is InChI=1S/C10H21FN2O/c1-3-13(4-2)10(14)6-9-12-8-5-7-11/h12H,3-9H2,1-2H3. The van der Waals surface area contributed by atoms with Crippen LogP contribution < -0.4 is 5.32 Å². The van der Waals surface area contributed by atoms with E-state index in [2.05, 4.69) is 5.32 Å². The predicted molar refractivity (Wildman–Crippen MR) is 56.0 cm³/mol. The lowest BCUT2D eigenvalue weighted by Gasteiger charge is -2.18. The van der Waals surface area contributed by atoms with Gasteiger partial charge in [-0.1, -0.05) is 0 Å². The van der Waals surface area contributed by atoms with Gasteiger partial charge in [0.15, 0.2) is 0 Å². The van der Waals surface area contributed by atoms with Gasteiger partial charge in [-0.25, -0.2) is 0 Å². The van der Waals surface area contributed by atoms with E-state index in [1.54, 1.807) is 4.90 Å². The summed E-state index contributed by atoms with van der Waals surface area (Å²) in [6.07, 6.45) is 1.04. The maximum atomic E-state index is 11.7. The fourth-order valence-electron chi connectivity index (χ4n) is 1.25. The summed E-state index contributed by atoms with van der Waals surface area (Å²) in [6, 6.07) is 0. The summed E-state index contributed by atoms with van der Waals surface area (Å²) in [5.41, 5.74) is 0. The monoisotopic (exact) mass is 204 g/mol. The van der Waals surface area contributed by atoms with Gasteiger partial charge in [0.2, 0.25) is 5.91 Å². The maximum absolute atomic E-state index is 11.7. The molecule has 0 spiro atoms. The molecular weight excluding hydrogens is 183 g/mol. The van der Waals surface area contributed by atoms with Crippen LogP contribution in [0.3, 0.4) is 0 Å². The highest BCUT2D eigenvalue weighted by molar-refractivity contribution is 5.76. The zero-order valence-electron chi connectivity index (χ0n) is 9.18. The zero-order valence-corrected chi connectivity index (χ0v) is 9.18. The third-order valence-electron chi connectivity index (χ3n) is 2.12. The van der Waals surface area contributed by atoms with E-state index in [-0.39, 0.29) is 12.6 Å². The lowest BCUT2D eigenvalue weighted by atomic mass is 10.3. The number of carbonyl (C=O) groups excluding carboxylic acids is 1. The van der Waals surface area contributed by atoms with E-state index in [9.17, 15) is 9.18 Å². The van der Waals surface area contributed by atoms with Gasteiger partial charge >= 0.3 is 0 Å². The fourth-order valence-corrected chi connectivity index (χ4v) is 1.25. The van der Waals surface area contributed by atoms with Crippen LogP contribution in [0, 0.1) is 0 Å². The molecule has 1 N–H and O–H groups in total. The fraction of sp³-hybridized carbons (Fsp3) is 0.900. The Morgan fingerprint density at radius 1 is 1.29 bits per heavy atom. The molecule has 0 unspecified atom stereocenters. The molecule has 4 heteroatoms.